The first-order valence-electron chi connectivity index (χ1n) is 11.7. The molecule has 0 bridgehead atoms. The Morgan fingerprint density at radius 3 is 2.77 bits per heavy atom. The summed E-state index contributed by atoms with van der Waals surface area (Å²) in [5.74, 6) is 1.04. The molecule has 2 N–H and O–H groups in total. The standard InChI is InChI=1S/C24H26FN5O2S2.ClH/c25-17-2-4-18-22-21(17)14(5-10-30(22)24(32)34-18)12-29-8-6-15(7-9-29)26-11-16-1-3-19-23(27-16)28-20(31)13-33-19;/h1-4,14-15,26H,5-13H2,(H,27,28,31);1H. The normalized spacial score (nSPS) is 20.4. The van der Waals surface area contributed by atoms with Crippen molar-refractivity contribution in [2.24, 2.45) is 0 Å². The van der Waals surface area contributed by atoms with Gasteiger partial charge in [0, 0.05) is 37.2 Å². The fraction of sp³-hybridized carbons (Fsp3) is 0.458. The number of piperidine rings is 1. The largest absolute Gasteiger partial charge is 0.309 e. The third-order valence-electron chi connectivity index (χ3n) is 7.09. The van der Waals surface area contributed by atoms with Crippen LogP contribution >= 0.6 is 35.5 Å². The number of pyridine rings is 1. The lowest BCUT2D eigenvalue weighted by Crippen LogP contribution is -2.44. The maximum Gasteiger partial charge on any atom is 0.308 e. The number of benzene rings is 1. The number of likely N-dealkylation sites (tertiary alicyclic amines) is 1. The van der Waals surface area contributed by atoms with E-state index in [0.29, 0.717) is 30.7 Å². The molecule has 6 rings (SSSR count). The summed E-state index contributed by atoms with van der Waals surface area (Å²) in [6, 6.07) is 7.72. The van der Waals surface area contributed by atoms with Crippen molar-refractivity contribution in [1.82, 2.24) is 19.8 Å². The molecule has 1 amide bonds. The second-order valence-corrected chi connectivity index (χ2v) is 11.3. The van der Waals surface area contributed by atoms with Crippen molar-refractivity contribution in [2.45, 2.75) is 49.2 Å². The van der Waals surface area contributed by atoms with Gasteiger partial charge in [-0.05, 0) is 56.6 Å². The van der Waals surface area contributed by atoms with Crippen LogP contribution in [-0.4, -0.2) is 51.8 Å². The number of nitrogens with zero attached hydrogens (tertiary/aromatic N) is 3. The fourth-order valence-corrected chi connectivity index (χ4v) is 7.04. The summed E-state index contributed by atoms with van der Waals surface area (Å²) >= 11 is 2.74. The molecule has 0 saturated carbocycles. The molecule has 35 heavy (non-hydrogen) atoms. The molecule has 1 atom stereocenters. The summed E-state index contributed by atoms with van der Waals surface area (Å²) in [5.41, 5.74) is 2.47. The number of anilines is 1. The van der Waals surface area contributed by atoms with Crippen molar-refractivity contribution in [3.8, 4) is 0 Å². The lowest BCUT2D eigenvalue weighted by Gasteiger charge is -2.36. The van der Waals surface area contributed by atoms with Gasteiger partial charge in [-0.1, -0.05) is 11.3 Å². The summed E-state index contributed by atoms with van der Waals surface area (Å²) in [7, 11) is 0. The quantitative estimate of drug-likeness (QED) is 0.517. The Labute approximate surface area is 216 Å². The number of thioether (sulfide) groups is 1. The molecule has 1 fully saturated rings. The van der Waals surface area contributed by atoms with E-state index in [0.717, 1.165) is 65.3 Å². The Morgan fingerprint density at radius 1 is 1.11 bits per heavy atom. The molecule has 186 valence electrons. The van der Waals surface area contributed by atoms with Crippen molar-refractivity contribution in [3.05, 3.63) is 51.0 Å². The fourth-order valence-electron chi connectivity index (χ4n) is 5.35. The second kappa shape index (κ2) is 10.2. The molecule has 1 aromatic carbocycles. The Balaban J connectivity index is 0.00000253. The molecule has 0 spiro atoms. The van der Waals surface area contributed by atoms with Crippen LogP contribution in [0, 0.1) is 5.82 Å². The molecular formula is C24H27ClFN5O2S2. The first-order valence-corrected chi connectivity index (χ1v) is 13.6. The maximum absolute atomic E-state index is 14.8. The number of nitrogens with one attached hydrogen (secondary N) is 2. The van der Waals surface area contributed by atoms with Gasteiger partial charge in [-0.3, -0.25) is 14.2 Å². The number of fused-ring (bicyclic) bond motifs is 1. The first-order chi connectivity index (χ1) is 16.5. The summed E-state index contributed by atoms with van der Waals surface area (Å²) in [6.07, 6.45) is 2.86. The monoisotopic (exact) mass is 535 g/mol. The van der Waals surface area contributed by atoms with Crippen LogP contribution < -0.4 is 15.5 Å². The van der Waals surface area contributed by atoms with Crippen molar-refractivity contribution < 1.29 is 9.18 Å². The van der Waals surface area contributed by atoms with E-state index in [1.165, 1.54) is 29.2 Å². The van der Waals surface area contributed by atoms with E-state index in [1.54, 1.807) is 10.6 Å². The van der Waals surface area contributed by atoms with Crippen molar-refractivity contribution >= 4 is 57.4 Å². The first kappa shape index (κ1) is 24.7. The lowest BCUT2D eigenvalue weighted by atomic mass is 9.90. The molecule has 0 aliphatic carbocycles. The zero-order chi connectivity index (χ0) is 23.2. The van der Waals surface area contributed by atoms with Crippen LogP contribution in [0.5, 0.6) is 0 Å². The van der Waals surface area contributed by atoms with E-state index >= 15 is 0 Å². The highest BCUT2D eigenvalue weighted by Crippen LogP contribution is 2.37. The number of hydrogen-bond acceptors (Lipinski definition) is 7. The van der Waals surface area contributed by atoms with Gasteiger partial charge in [-0.2, -0.15) is 0 Å². The van der Waals surface area contributed by atoms with Gasteiger partial charge in [0.15, 0.2) is 0 Å². The number of carbonyl (C=O) groups is 1. The van der Waals surface area contributed by atoms with Crippen LogP contribution in [0.15, 0.2) is 34.0 Å². The Morgan fingerprint density at radius 2 is 1.94 bits per heavy atom. The number of halogens is 2. The Kier molecular flexibility index (Phi) is 7.18. The summed E-state index contributed by atoms with van der Waals surface area (Å²) in [6.45, 7) is 4.10. The molecule has 3 aliphatic rings. The average molecular weight is 536 g/mol. The number of aromatic nitrogens is 2. The summed E-state index contributed by atoms with van der Waals surface area (Å²) in [5, 5.41) is 6.47. The molecule has 7 nitrogen and oxygen atoms in total. The Hall–Kier alpha value is -1.98. The molecule has 1 saturated heterocycles. The molecule has 3 aliphatic heterocycles. The molecular weight excluding hydrogens is 509 g/mol. The van der Waals surface area contributed by atoms with Gasteiger partial charge in [0.1, 0.15) is 11.6 Å². The maximum atomic E-state index is 14.8. The third kappa shape index (κ3) is 4.86. The van der Waals surface area contributed by atoms with E-state index in [9.17, 15) is 14.0 Å². The minimum atomic E-state index is -0.188. The third-order valence-corrected chi connectivity index (χ3v) is 9.09. The smallest absolute Gasteiger partial charge is 0.308 e. The van der Waals surface area contributed by atoms with Crippen molar-refractivity contribution in [3.63, 3.8) is 0 Å². The molecule has 5 heterocycles. The van der Waals surface area contributed by atoms with Gasteiger partial charge in [-0.25, -0.2) is 9.37 Å². The van der Waals surface area contributed by atoms with E-state index in [-0.39, 0.29) is 34.9 Å². The highest BCUT2D eigenvalue weighted by atomic mass is 35.5. The SMILES string of the molecule is Cl.O=C1CSc2ccc(CNC3CCN(CC4CCn5c(=O)sc6ccc(F)c4c65)CC3)nc2N1. The number of amides is 1. The van der Waals surface area contributed by atoms with Gasteiger partial charge in [0.25, 0.3) is 0 Å². The molecule has 0 radical (unpaired) electrons. The van der Waals surface area contributed by atoms with Crippen LogP contribution in [0.4, 0.5) is 10.2 Å². The number of aryl methyl sites for hydroxylation is 1. The van der Waals surface area contributed by atoms with Gasteiger partial charge in [-0.15, -0.1) is 24.2 Å². The lowest BCUT2D eigenvalue weighted by molar-refractivity contribution is -0.113. The van der Waals surface area contributed by atoms with Crippen molar-refractivity contribution in [1.29, 1.82) is 0 Å². The van der Waals surface area contributed by atoms with Gasteiger partial charge < -0.3 is 15.5 Å². The molecule has 11 heteroatoms. The minimum absolute atomic E-state index is 0. The predicted molar refractivity (Wildman–Crippen MR) is 141 cm³/mol. The van der Waals surface area contributed by atoms with Gasteiger partial charge in [0.05, 0.1) is 26.6 Å². The highest BCUT2D eigenvalue weighted by Gasteiger charge is 2.30. The van der Waals surface area contributed by atoms with Crippen molar-refractivity contribution in [2.75, 3.05) is 30.7 Å². The van der Waals surface area contributed by atoms with E-state index in [1.807, 2.05) is 12.1 Å². The Bertz CT molecular complexity index is 1320. The summed E-state index contributed by atoms with van der Waals surface area (Å²) < 4.78 is 17.5. The van der Waals surface area contributed by atoms with Crippen LogP contribution in [0.25, 0.3) is 10.2 Å². The highest BCUT2D eigenvalue weighted by molar-refractivity contribution is 8.00. The molecule has 2 aromatic heterocycles. The second-order valence-electron chi connectivity index (χ2n) is 9.25. The van der Waals surface area contributed by atoms with Crippen LogP contribution in [0.3, 0.4) is 0 Å². The molecule has 1 unspecified atom stereocenters. The van der Waals surface area contributed by atoms with E-state index in [4.69, 9.17) is 0 Å². The van der Waals surface area contributed by atoms with Crippen LogP contribution in [0.2, 0.25) is 0 Å². The van der Waals surface area contributed by atoms with Crippen LogP contribution in [0.1, 0.15) is 36.4 Å². The topological polar surface area (TPSA) is 79.3 Å². The summed E-state index contributed by atoms with van der Waals surface area (Å²) in [4.78, 5) is 32.0. The minimum Gasteiger partial charge on any atom is -0.309 e. The van der Waals surface area contributed by atoms with Gasteiger partial charge >= 0.3 is 4.87 Å². The van der Waals surface area contributed by atoms with E-state index < -0.39 is 0 Å². The number of thiazole rings is 1. The van der Waals surface area contributed by atoms with Gasteiger partial charge in [0.2, 0.25) is 5.91 Å². The zero-order valence-electron chi connectivity index (χ0n) is 19.1. The van der Waals surface area contributed by atoms with E-state index in [2.05, 4.69) is 20.5 Å². The number of carbonyl (C=O) groups excluding carboxylic acids is 1. The van der Waals surface area contributed by atoms with Crippen LogP contribution in [-0.2, 0) is 17.9 Å². The zero-order valence-corrected chi connectivity index (χ0v) is 21.5. The number of hydrogen-bond donors (Lipinski definition) is 2. The molecule has 3 aromatic rings. The predicted octanol–water partition coefficient (Wildman–Crippen LogP) is 3.80. The average Bonchev–Trinajstić information content (AvgIpc) is 3.17. The number of rotatable bonds is 5.